The maximum absolute atomic E-state index is 11.0. The van der Waals surface area contributed by atoms with E-state index >= 15 is 0 Å². The summed E-state index contributed by atoms with van der Waals surface area (Å²) in [6, 6.07) is 3.69. The molecule has 0 aromatic heterocycles. The number of ether oxygens (including phenoxy) is 1. The van der Waals surface area contributed by atoms with Crippen molar-refractivity contribution in [3.05, 3.63) is 28.3 Å². The fourth-order valence-corrected chi connectivity index (χ4v) is 1.43. The minimum atomic E-state index is -0.189. The van der Waals surface area contributed by atoms with Crippen molar-refractivity contribution in [1.29, 1.82) is 0 Å². The summed E-state index contributed by atoms with van der Waals surface area (Å²) >= 11 is 0. The Bertz CT molecular complexity index is 488. The van der Waals surface area contributed by atoms with Gasteiger partial charge in [0.25, 0.3) is 5.91 Å². The Labute approximate surface area is 75.4 Å². The average Bonchev–Trinajstić information content (AvgIpc) is 2.46. The van der Waals surface area contributed by atoms with Gasteiger partial charge in [-0.05, 0) is 24.6 Å². The average molecular weight is 175 g/mol. The molecule has 0 saturated heterocycles. The van der Waals surface area contributed by atoms with E-state index in [1.54, 1.807) is 7.11 Å². The lowest BCUT2D eigenvalue weighted by Crippen LogP contribution is -2.24. The van der Waals surface area contributed by atoms with Crippen LogP contribution in [-0.4, -0.2) is 13.0 Å². The van der Waals surface area contributed by atoms with Crippen LogP contribution in [0, 0.1) is 6.92 Å². The molecule has 0 unspecified atom stereocenters. The van der Waals surface area contributed by atoms with Crippen molar-refractivity contribution < 1.29 is 9.53 Å². The van der Waals surface area contributed by atoms with Crippen LogP contribution in [0.4, 0.5) is 0 Å². The van der Waals surface area contributed by atoms with E-state index in [-0.39, 0.29) is 5.91 Å². The molecular formula is C10H9NO2. The summed E-state index contributed by atoms with van der Waals surface area (Å²) < 4.78 is 5.08. The predicted molar refractivity (Wildman–Crippen MR) is 48.0 cm³/mol. The van der Waals surface area contributed by atoms with E-state index in [1.165, 1.54) is 6.08 Å². The van der Waals surface area contributed by atoms with Gasteiger partial charge in [0, 0.05) is 11.3 Å². The zero-order chi connectivity index (χ0) is 9.42. The van der Waals surface area contributed by atoms with Gasteiger partial charge in [0.15, 0.2) is 0 Å². The molecule has 1 amide bonds. The Morgan fingerprint density at radius 1 is 1.38 bits per heavy atom. The zero-order valence-electron chi connectivity index (χ0n) is 7.50. The fourth-order valence-electron chi connectivity index (χ4n) is 1.43. The number of hydrogen-bond acceptors (Lipinski definition) is 2. The van der Waals surface area contributed by atoms with Crippen molar-refractivity contribution >= 4 is 12.0 Å². The summed E-state index contributed by atoms with van der Waals surface area (Å²) in [5.74, 6) is 0.573. The lowest BCUT2D eigenvalue weighted by atomic mass is 10.2. The molecule has 1 heterocycles. The predicted octanol–water partition coefficient (Wildman–Crippen LogP) is -0.0561. The Balaban J connectivity index is 2.81. The molecule has 1 aliphatic heterocycles. The molecule has 0 saturated carbocycles. The number of hydrogen-bond donors (Lipinski definition) is 0. The van der Waals surface area contributed by atoms with Crippen LogP contribution in [0.1, 0.15) is 5.56 Å². The third kappa shape index (κ3) is 1.22. The molecule has 3 nitrogen and oxygen atoms in total. The van der Waals surface area contributed by atoms with E-state index in [0.29, 0.717) is 0 Å². The zero-order valence-corrected chi connectivity index (χ0v) is 7.50. The maximum atomic E-state index is 11.0. The molecule has 2 rings (SSSR count). The highest BCUT2D eigenvalue weighted by Gasteiger charge is 2.06. The number of amides is 1. The number of aryl methyl sites for hydroxylation is 1. The highest BCUT2D eigenvalue weighted by molar-refractivity contribution is 6.06. The molecule has 13 heavy (non-hydrogen) atoms. The van der Waals surface area contributed by atoms with Crippen molar-refractivity contribution in [2.45, 2.75) is 6.92 Å². The van der Waals surface area contributed by atoms with Crippen molar-refractivity contribution in [2.75, 3.05) is 7.11 Å². The summed E-state index contributed by atoms with van der Waals surface area (Å²) in [4.78, 5) is 14.9. The summed E-state index contributed by atoms with van der Waals surface area (Å²) in [7, 11) is 1.61. The third-order valence-electron chi connectivity index (χ3n) is 2.04. The molecular weight excluding hydrogens is 166 g/mol. The first kappa shape index (κ1) is 7.98. The van der Waals surface area contributed by atoms with E-state index in [0.717, 1.165) is 21.9 Å². The topological polar surface area (TPSA) is 38.7 Å². The Morgan fingerprint density at radius 3 is 2.85 bits per heavy atom. The van der Waals surface area contributed by atoms with Gasteiger partial charge in [-0.25, -0.2) is 4.99 Å². The van der Waals surface area contributed by atoms with Gasteiger partial charge in [-0.3, -0.25) is 4.79 Å². The van der Waals surface area contributed by atoms with Crippen LogP contribution in [0.15, 0.2) is 17.1 Å². The van der Waals surface area contributed by atoms with Gasteiger partial charge in [-0.1, -0.05) is 0 Å². The van der Waals surface area contributed by atoms with Gasteiger partial charge in [0.2, 0.25) is 0 Å². The van der Waals surface area contributed by atoms with Crippen LogP contribution in [0.25, 0.3) is 6.08 Å². The SMILES string of the molecule is COc1cc(C)c2c(c1)=CC(=O)N=2. The number of rotatable bonds is 1. The first-order valence-corrected chi connectivity index (χ1v) is 4.00. The van der Waals surface area contributed by atoms with Crippen molar-refractivity contribution in [3.63, 3.8) is 0 Å². The summed E-state index contributed by atoms with van der Waals surface area (Å²) in [6.45, 7) is 1.91. The fraction of sp³-hybridized carbons (Fsp3) is 0.200. The normalized spacial score (nSPS) is 13.2. The Hall–Kier alpha value is -1.64. The second-order valence-electron chi connectivity index (χ2n) is 2.98. The van der Waals surface area contributed by atoms with Crippen molar-refractivity contribution in [3.8, 4) is 5.75 Å². The number of carbonyl (C=O) groups excluding carboxylic acids is 1. The van der Waals surface area contributed by atoms with Crippen molar-refractivity contribution in [2.24, 2.45) is 4.99 Å². The van der Waals surface area contributed by atoms with Gasteiger partial charge in [-0.15, -0.1) is 0 Å². The Morgan fingerprint density at radius 2 is 2.15 bits per heavy atom. The molecule has 0 aliphatic carbocycles. The van der Waals surface area contributed by atoms with Crippen LogP contribution >= 0.6 is 0 Å². The number of benzene rings is 1. The third-order valence-corrected chi connectivity index (χ3v) is 2.04. The minimum Gasteiger partial charge on any atom is -0.497 e. The van der Waals surface area contributed by atoms with Crippen LogP contribution in [0.3, 0.4) is 0 Å². The summed E-state index contributed by atoms with van der Waals surface area (Å²) in [6.07, 6.45) is 1.52. The minimum absolute atomic E-state index is 0.189. The van der Waals surface area contributed by atoms with Gasteiger partial charge < -0.3 is 4.74 Å². The molecule has 0 spiro atoms. The van der Waals surface area contributed by atoms with Gasteiger partial charge >= 0.3 is 0 Å². The monoisotopic (exact) mass is 175 g/mol. The standard InChI is InChI=1S/C10H9NO2/c1-6-3-8(13-2)4-7-5-9(12)11-10(6)7/h3-5H,1-2H3. The lowest BCUT2D eigenvalue weighted by molar-refractivity contribution is -0.112. The maximum Gasteiger partial charge on any atom is 0.270 e. The van der Waals surface area contributed by atoms with E-state index in [1.807, 2.05) is 19.1 Å². The van der Waals surface area contributed by atoms with Gasteiger partial charge in [0.05, 0.1) is 12.5 Å². The molecule has 1 aliphatic rings. The highest BCUT2D eigenvalue weighted by Crippen LogP contribution is 2.06. The van der Waals surface area contributed by atoms with Crippen LogP contribution in [-0.2, 0) is 4.79 Å². The molecule has 0 bridgehead atoms. The molecule has 0 fully saturated rings. The number of carbonyl (C=O) groups is 1. The molecule has 0 radical (unpaired) electrons. The highest BCUT2D eigenvalue weighted by atomic mass is 16.5. The molecule has 3 heteroatoms. The second kappa shape index (κ2) is 2.69. The second-order valence-corrected chi connectivity index (χ2v) is 2.98. The molecule has 0 atom stereocenters. The molecule has 66 valence electrons. The summed E-state index contributed by atoms with van der Waals surface area (Å²) in [5, 5.41) is 1.62. The van der Waals surface area contributed by atoms with E-state index in [9.17, 15) is 4.79 Å². The van der Waals surface area contributed by atoms with E-state index in [4.69, 9.17) is 4.74 Å². The smallest absolute Gasteiger partial charge is 0.270 e. The van der Waals surface area contributed by atoms with Crippen LogP contribution in [0.5, 0.6) is 5.75 Å². The lowest BCUT2D eigenvalue weighted by Gasteiger charge is -1.99. The number of nitrogens with zero attached hydrogens (tertiary/aromatic N) is 1. The van der Waals surface area contributed by atoms with Crippen molar-refractivity contribution in [1.82, 2.24) is 0 Å². The first-order chi connectivity index (χ1) is 6.20. The molecule has 0 N–H and O–H groups in total. The largest absolute Gasteiger partial charge is 0.497 e. The quantitative estimate of drug-likeness (QED) is 0.600. The van der Waals surface area contributed by atoms with E-state index < -0.39 is 0 Å². The van der Waals surface area contributed by atoms with Crippen LogP contribution in [0.2, 0.25) is 0 Å². The molecule has 1 aromatic rings. The number of methoxy groups -OCH3 is 1. The Kier molecular flexibility index (Phi) is 1.65. The van der Waals surface area contributed by atoms with Gasteiger partial charge in [-0.2, -0.15) is 0 Å². The number of fused-ring (bicyclic) bond motifs is 1. The van der Waals surface area contributed by atoms with E-state index in [2.05, 4.69) is 4.99 Å². The first-order valence-electron chi connectivity index (χ1n) is 4.00. The van der Waals surface area contributed by atoms with Crippen LogP contribution < -0.4 is 15.3 Å². The van der Waals surface area contributed by atoms with Gasteiger partial charge in [0.1, 0.15) is 5.75 Å². The molecule has 1 aromatic carbocycles. The summed E-state index contributed by atoms with van der Waals surface area (Å²) in [5.41, 5.74) is 0.969.